The highest BCUT2D eigenvalue weighted by atomic mass is 16.3. The lowest BCUT2D eigenvalue weighted by atomic mass is 10.1. The van der Waals surface area contributed by atoms with Gasteiger partial charge in [0.05, 0.1) is 12.1 Å². The number of rotatable bonds is 6. The number of hydrogen-bond acceptors (Lipinski definition) is 4. The molecule has 0 aromatic carbocycles. The fraction of sp³-hybridized carbons (Fsp3) is 0.846. The van der Waals surface area contributed by atoms with Gasteiger partial charge < -0.3 is 9.67 Å². The molecule has 0 aliphatic rings. The summed E-state index contributed by atoms with van der Waals surface area (Å²) in [5.74, 6) is 2.33. The molecule has 0 atom stereocenters. The van der Waals surface area contributed by atoms with Gasteiger partial charge in [-0.2, -0.15) is 0 Å². The van der Waals surface area contributed by atoms with Gasteiger partial charge in [0.2, 0.25) is 0 Å². The summed E-state index contributed by atoms with van der Waals surface area (Å²) >= 11 is 0. The van der Waals surface area contributed by atoms with Gasteiger partial charge in [-0.1, -0.05) is 20.8 Å². The van der Waals surface area contributed by atoms with Crippen LogP contribution in [0.3, 0.4) is 0 Å². The van der Waals surface area contributed by atoms with Crippen LogP contribution in [0.5, 0.6) is 0 Å². The first kappa shape index (κ1) is 15.1. The SMILES string of the molecule is CCN(Cc1nnc(C(C)C)n1C)CC(C)(C)O. The van der Waals surface area contributed by atoms with Crippen molar-refractivity contribution in [3.05, 3.63) is 11.6 Å². The number of aromatic nitrogens is 3. The van der Waals surface area contributed by atoms with Gasteiger partial charge in [-0.05, 0) is 20.4 Å². The van der Waals surface area contributed by atoms with Crippen molar-refractivity contribution < 1.29 is 5.11 Å². The average molecular weight is 254 g/mol. The maximum atomic E-state index is 9.88. The summed E-state index contributed by atoms with van der Waals surface area (Å²) in [5.41, 5.74) is -0.685. The van der Waals surface area contributed by atoms with Crippen LogP contribution in [0, 0.1) is 0 Å². The van der Waals surface area contributed by atoms with Crippen molar-refractivity contribution in [3.8, 4) is 0 Å². The predicted octanol–water partition coefficient (Wildman–Crippen LogP) is 1.53. The zero-order valence-corrected chi connectivity index (χ0v) is 12.4. The molecule has 1 heterocycles. The standard InChI is InChI=1S/C13H26N4O/c1-7-17(9-13(4,5)18)8-11-14-15-12(10(2)3)16(11)6/h10,18H,7-9H2,1-6H3. The Morgan fingerprint density at radius 3 is 2.33 bits per heavy atom. The predicted molar refractivity (Wildman–Crippen MR) is 72.3 cm³/mol. The van der Waals surface area contributed by atoms with Crippen molar-refractivity contribution in [3.63, 3.8) is 0 Å². The molecule has 1 aromatic rings. The molecule has 1 rings (SSSR count). The second-order valence-corrected chi connectivity index (χ2v) is 5.80. The van der Waals surface area contributed by atoms with E-state index in [2.05, 4.69) is 40.4 Å². The third-order valence-electron chi connectivity index (χ3n) is 2.94. The highest BCUT2D eigenvalue weighted by molar-refractivity contribution is 4.99. The van der Waals surface area contributed by atoms with Gasteiger partial charge in [0.15, 0.2) is 0 Å². The van der Waals surface area contributed by atoms with E-state index in [1.165, 1.54) is 0 Å². The topological polar surface area (TPSA) is 54.2 Å². The molecule has 5 nitrogen and oxygen atoms in total. The van der Waals surface area contributed by atoms with Crippen LogP contribution in [0.4, 0.5) is 0 Å². The Morgan fingerprint density at radius 2 is 1.94 bits per heavy atom. The molecule has 0 aliphatic heterocycles. The maximum absolute atomic E-state index is 9.88. The molecule has 5 heteroatoms. The number of likely N-dealkylation sites (N-methyl/N-ethyl adjacent to an activating group) is 1. The molecule has 1 aromatic heterocycles. The van der Waals surface area contributed by atoms with E-state index in [-0.39, 0.29) is 0 Å². The summed E-state index contributed by atoms with van der Waals surface area (Å²) in [4.78, 5) is 2.17. The number of nitrogens with zero attached hydrogens (tertiary/aromatic N) is 4. The second-order valence-electron chi connectivity index (χ2n) is 5.80. The summed E-state index contributed by atoms with van der Waals surface area (Å²) < 4.78 is 2.05. The van der Waals surface area contributed by atoms with Gasteiger partial charge >= 0.3 is 0 Å². The van der Waals surface area contributed by atoms with Crippen LogP contribution in [-0.2, 0) is 13.6 Å². The smallest absolute Gasteiger partial charge is 0.146 e. The van der Waals surface area contributed by atoms with Crippen LogP contribution in [0.25, 0.3) is 0 Å². The lowest BCUT2D eigenvalue weighted by molar-refractivity contribution is 0.0342. The number of aliphatic hydroxyl groups is 1. The minimum Gasteiger partial charge on any atom is -0.389 e. The third kappa shape index (κ3) is 4.07. The molecule has 0 amide bonds. The van der Waals surface area contributed by atoms with Crippen LogP contribution < -0.4 is 0 Å². The minimum absolute atomic E-state index is 0.376. The van der Waals surface area contributed by atoms with E-state index in [0.29, 0.717) is 12.5 Å². The van der Waals surface area contributed by atoms with Crippen LogP contribution in [0.1, 0.15) is 52.2 Å². The molecule has 0 spiro atoms. The largest absolute Gasteiger partial charge is 0.389 e. The zero-order valence-electron chi connectivity index (χ0n) is 12.4. The lowest BCUT2D eigenvalue weighted by Gasteiger charge is -2.27. The van der Waals surface area contributed by atoms with Crippen LogP contribution in [-0.4, -0.2) is 43.5 Å². The van der Waals surface area contributed by atoms with Crippen molar-refractivity contribution in [1.29, 1.82) is 0 Å². The van der Waals surface area contributed by atoms with Crippen molar-refractivity contribution in [2.24, 2.45) is 7.05 Å². The van der Waals surface area contributed by atoms with Crippen LogP contribution >= 0.6 is 0 Å². The molecule has 0 aliphatic carbocycles. The second kappa shape index (κ2) is 5.80. The average Bonchev–Trinajstić information content (AvgIpc) is 2.57. The molecular formula is C13H26N4O. The summed E-state index contributed by atoms with van der Waals surface area (Å²) in [6.45, 7) is 12.2. The zero-order chi connectivity index (χ0) is 13.9. The molecule has 0 fully saturated rings. The first-order chi connectivity index (χ1) is 8.24. The first-order valence-corrected chi connectivity index (χ1v) is 6.57. The van der Waals surface area contributed by atoms with Crippen LogP contribution in [0.15, 0.2) is 0 Å². The van der Waals surface area contributed by atoms with Gasteiger partial charge in [-0.3, -0.25) is 4.90 Å². The quantitative estimate of drug-likeness (QED) is 0.836. The Kier molecular flexibility index (Phi) is 4.87. The van der Waals surface area contributed by atoms with E-state index in [1.54, 1.807) is 0 Å². The molecule has 1 N–H and O–H groups in total. The first-order valence-electron chi connectivity index (χ1n) is 6.57. The Morgan fingerprint density at radius 1 is 1.33 bits per heavy atom. The minimum atomic E-state index is -0.685. The molecule has 0 saturated carbocycles. The summed E-state index contributed by atoms with van der Waals surface area (Å²) in [6, 6.07) is 0. The fourth-order valence-electron chi connectivity index (χ4n) is 2.04. The van der Waals surface area contributed by atoms with E-state index < -0.39 is 5.60 Å². The Bertz CT molecular complexity index is 379. The van der Waals surface area contributed by atoms with Crippen molar-refractivity contribution >= 4 is 0 Å². The number of hydrogen-bond donors (Lipinski definition) is 1. The third-order valence-corrected chi connectivity index (χ3v) is 2.94. The fourth-order valence-corrected chi connectivity index (χ4v) is 2.04. The Hall–Kier alpha value is -0.940. The van der Waals surface area contributed by atoms with E-state index in [4.69, 9.17) is 0 Å². The normalized spacial score (nSPS) is 12.7. The van der Waals surface area contributed by atoms with Gasteiger partial charge in [0, 0.05) is 19.5 Å². The summed E-state index contributed by atoms with van der Waals surface area (Å²) in [6.07, 6.45) is 0. The van der Waals surface area contributed by atoms with E-state index >= 15 is 0 Å². The van der Waals surface area contributed by atoms with Crippen molar-refractivity contribution in [1.82, 2.24) is 19.7 Å². The molecule has 0 saturated heterocycles. The molecule has 0 unspecified atom stereocenters. The monoisotopic (exact) mass is 254 g/mol. The lowest BCUT2D eigenvalue weighted by Crippen LogP contribution is -2.38. The molecule has 0 bridgehead atoms. The Balaban J connectivity index is 2.76. The van der Waals surface area contributed by atoms with Gasteiger partial charge in [-0.15, -0.1) is 10.2 Å². The Labute approximate surface area is 110 Å². The van der Waals surface area contributed by atoms with Gasteiger partial charge in [0.1, 0.15) is 11.6 Å². The molecular weight excluding hydrogens is 228 g/mol. The van der Waals surface area contributed by atoms with Crippen molar-refractivity contribution in [2.45, 2.75) is 52.7 Å². The highest BCUT2D eigenvalue weighted by Gasteiger charge is 2.20. The van der Waals surface area contributed by atoms with Crippen LogP contribution in [0.2, 0.25) is 0 Å². The van der Waals surface area contributed by atoms with Gasteiger partial charge in [0.25, 0.3) is 0 Å². The molecule has 0 radical (unpaired) electrons. The molecule has 104 valence electrons. The summed E-state index contributed by atoms with van der Waals surface area (Å²) in [5, 5.41) is 18.3. The van der Waals surface area contributed by atoms with Gasteiger partial charge in [-0.25, -0.2) is 0 Å². The van der Waals surface area contributed by atoms with E-state index in [9.17, 15) is 5.11 Å². The van der Waals surface area contributed by atoms with E-state index in [1.807, 2.05) is 20.9 Å². The van der Waals surface area contributed by atoms with E-state index in [0.717, 1.165) is 24.7 Å². The molecule has 18 heavy (non-hydrogen) atoms. The van der Waals surface area contributed by atoms with Crippen molar-refractivity contribution in [2.75, 3.05) is 13.1 Å². The maximum Gasteiger partial charge on any atom is 0.146 e. The highest BCUT2D eigenvalue weighted by Crippen LogP contribution is 2.14. The summed E-state index contributed by atoms with van der Waals surface area (Å²) in [7, 11) is 2.00.